The molecule has 0 heterocycles. The van der Waals surface area contributed by atoms with Crippen LogP contribution in [0.1, 0.15) is 34.0 Å². The van der Waals surface area contributed by atoms with E-state index in [9.17, 15) is 9.59 Å². The zero-order valence-electron chi connectivity index (χ0n) is 19.5. The van der Waals surface area contributed by atoms with Crippen molar-refractivity contribution in [1.29, 1.82) is 0 Å². The Morgan fingerprint density at radius 1 is 1.03 bits per heavy atom. The van der Waals surface area contributed by atoms with Gasteiger partial charge in [-0.3, -0.25) is 9.59 Å². The number of rotatable bonds is 9. The fraction of sp³-hybridized carbons (Fsp3) is 0.192. The Kier molecular flexibility index (Phi) is 9.67. The largest absolute Gasteiger partial charge is 0.490 e. The maximum atomic E-state index is 12.4. The minimum atomic E-state index is -0.316. The van der Waals surface area contributed by atoms with E-state index < -0.39 is 0 Å². The maximum absolute atomic E-state index is 12.4. The smallest absolute Gasteiger partial charge is 0.271 e. The number of ether oxygens (including phenoxy) is 2. The number of carbonyl (C=O) groups excluding carboxylic acids is 2. The van der Waals surface area contributed by atoms with Gasteiger partial charge >= 0.3 is 0 Å². The summed E-state index contributed by atoms with van der Waals surface area (Å²) < 4.78 is 13.2. The van der Waals surface area contributed by atoms with Gasteiger partial charge in [0.1, 0.15) is 0 Å². The molecule has 0 radical (unpaired) electrons. The van der Waals surface area contributed by atoms with Crippen LogP contribution in [0.2, 0.25) is 0 Å². The average Bonchev–Trinajstić information content (AvgIpc) is 2.81. The van der Waals surface area contributed by atoms with Gasteiger partial charge in [-0.1, -0.05) is 22.0 Å². The highest BCUT2D eigenvalue weighted by Crippen LogP contribution is 2.34. The number of carbonyl (C=O) groups is 2. The molecule has 0 aromatic heterocycles. The van der Waals surface area contributed by atoms with Gasteiger partial charge in [0.25, 0.3) is 11.8 Å². The van der Waals surface area contributed by atoms with Crippen LogP contribution in [-0.4, -0.2) is 31.2 Å². The lowest BCUT2D eigenvalue weighted by Gasteiger charge is -2.15. The minimum absolute atomic E-state index is 0.167. The zero-order chi connectivity index (χ0) is 25.4. The predicted octanol–water partition coefficient (Wildman–Crippen LogP) is 5.85. The van der Waals surface area contributed by atoms with Crippen LogP contribution in [0, 0.1) is 17.4 Å². The SMILES string of the molecule is CCOc1cc(/C=N/NC(=O)c2ccc(Br)cc2)cc(I)c1OCC(=O)Nc1ccc(C)c(C)c1. The Morgan fingerprint density at radius 3 is 2.46 bits per heavy atom. The van der Waals surface area contributed by atoms with Gasteiger partial charge in [-0.15, -0.1) is 0 Å². The topological polar surface area (TPSA) is 89.0 Å². The summed E-state index contributed by atoms with van der Waals surface area (Å²) in [5, 5.41) is 6.89. The second-order valence-corrected chi connectivity index (χ2v) is 9.68. The molecule has 2 N–H and O–H groups in total. The van der Waals surface area contributed by atoms with E-state index in [1.165, 1.54) is 6.21 Å². The molecule has 0 unspecified atom stereocenters. The average molecular weight is 650 g/mol. The van der Waals surface area contributed by atoms with Crippen molar-refractivity contribution in [3.8, 4) is 11.5 Å². The first-order valence-corrected chi connectivity index (χ1v) is 12.7. The molecule has 7 nitrogen and oxygen atoms in total. The fourth-order valence-electron chi connectivity index (χ4n) is 3.05. The molecule has 3 aromatic carbocycles. The van der Waals surface area contributed by atoms with Crippen LogP contribution in [0.5, 0.6) is 11.5 Å². The first-order valence-electron chi connectivity index (χ1n) is 10.8. The number of nitrogens with one attached hydrogen (secondary N) is 2. The van der Waals surface area contributed by atoms with E-state index in [-0.39, 0.29) is 18.4 Å². The molecule has 0 aliphatic rings. The molecule has 0 spiro atoms. The number of aryl methyl sites for hydroxylation is 2. The summed E-state index contributed by atoms with van der Waals surface area (Å²) in [4.78, 5) is 24.7. The lowest BCUT2D eigenvalue weighted by Crippen LogP contribution is -2.21. The van der Waals surface area contributed by atoms with Crippen molar-refractivity contribution < 1.29 is 19.1 Å². The Bertz CT molecular complexity index is 1250. The maximum Gasteiger partial charge on any atom is 0.271 e. The third kappa shape index (κ3) is 7.79. The van der Waals surface area contributed by atoms with Crippen molar-refractivity contribution in [2.24, 2.45) is 5.10 Å². The molecule has 0 aliphatic carbocycles. The van der Waals surface area contributed by atoms with Crippen molar-refractivity contribution in [3.05, 3.63) is 84.9 Å². The molecule has 0 atom stereocenters. The van der Waals surface area contributed by atoms with E-state index in [1.807, 2.05) is 45.0 Å². The summed E-state index contributed by atoms with van der Waals surface area (Å²) in [6.45, 7) is 6.13. The minimum Gasteiger partial charge on any atom is -0.490 e. The Balaban J connectivity index is 1.65. The quantitative estimate of drug-likeness (QED) is 0.173. The number of nitrogens with zero attached hydrogens (tertiary/aromatic N) is 1. The van der Waals surface area contributed by atoms with Gasteiger partial charge in [-0.25, -0.2) is 5.43 Å². The van der Waals surface area contributed by atoms with Crippen molar-refractivity contribution in [2.45, 2.75) is 20.8 Å². The van der Waals surface area contributed by atoms with Gasteiger partial charge in [-0.05, 0) is 109 Å². The van der Waals surface area contributed by atoms with Crippen molar-refractivity contribution in [2.75, 3.05) is 18.5 Å². The van der Waals surface area contributed by atoms with Crippen molar-refractivity contribution in [1.82, 2.24) is 5.43 Å². The third-order valence-corrected chi connectivity index (χ3v) is 6.29. The molecule has 182 valence electrons. The summed E-state index contributed by atoms with van der Waals surface area (Å²) in [5.41, 5.74) is 6.70. The Hall–Kier alpha value is -2.92. The Morgan fingerprint density at radius 2 is 1.77 bits per heavy atom. The second kappa shape index (κ2) is 12.7. The lowest BCUT2D eigenvalue weighted by molar-refractivity contribution is -0.118. The van der Waals surface area contributed by atoms with Crippen LogP contribution in [0.15, 0.2) is 64.2 Å². The molecule has 0 bridgehead atoms. The van der Waals surface area contributed by atoms with Crippen molar-refractivity contribution >= 4 is 62.2 Å². The van der Waals surface area contributed by atoms with Gasteiger partial charge in [-0.2, -0.15) is 5.10 Å². The summed E-state index contributed by atoms with van der Waals surface area (Å²) >= 11 is 5.46. The molecule has 0 saturated carbocycles. The fourth-order valence-corrected chi connectivity index (χ4v) is 4.10. The standard InChI is InChI=1S/C26H25BrIN3O4/c1-4-34-23-13-18(14-29-31-26(33)19-6-8-20(27)9-7-19)12-22(28)25(23)35-15-24(32)30-21-10-5-16(2)17(3)11-21/h5-14H,4,15H2,1-3H3,(H,30,32)(H,31,33)/b29-14+. The number of halogens is 2. The normalized spacial score (nSPS) is 10.8. The highest BCUT2D eigenvalue weighted by atomic mass is 127. The van der Waals surface area contributed by atoms with E-state index in [0.717, 1.165) is 24.9 Å². The molecule has 0 aliphatic heterocycles. The van der Waals surface area contributed by atoms with E-state index in [2.05, 4.69) is 54.4 Å². The molecule has 9 heteroatoms. The number of hydrazone groups is 1. The van der Waals surface area contributed by atoms with E-state index >= 15 is 0 Å². The number of benzene rings is 3. The van der Waals surface area contributed by atoms with Crippen LogP contribution in [0.25, 0.3) is 0 Å². The number of hydrogen-bond acceptors (Lipinski definition) is 5. The molecule has 0 saturated heterocycles. The van der Waals surface area contributed by atoms with E-state index in [4.69, 9.17) is 9.47 Å². The summed E-state index contributed by atoms with van der Waals surface area (Å²) in [5.74, 6) is 0.369. The number of hydrogen-bond donors (Lipinski definition) is 2. The molecule has 0 fully saturated rings. The number of anilines is 1. The highest BCUT2D eigenvalue weighted by Gasteiger charge is 2.14. The molecular weight excluding hydrogens is 625 g/mol. The molecular formula is C26H25BrIN3O4. The van der Waals surface area contributed by atoms with Crippen LogP contribution in [-0.2, 0) is 4.79 Å². The van der Waals surface area contributed by atoms with Gasteiger partial charge in [0.2, 0.25) is 0 Å². The summed E-state index contributed by atoms with van der Waals surface area (Å²) in [6, 6.07) is 16.3. The first-order chi connectivity index (χ1) is 16.8. The molecule has 3 aromatic rings. The van der Waals surface area contributed by atoms with Crippen molar-refractivity contribution in [3.63, 3.8) is 0 Å². The monoisotopic (exact) mass is 649 g/mol. The van der Waals surface area contributed by atoms with Crippen LogP contribution in [0.4, 0.5) is 5.69 Å². The van der Waals surface area contributed by atoms with E-state index in [0.29, 0.717) is 29.2 Å². The number of amides is 2. The van der Waals surface area contributed by atoms with Gasteiger partial charge < -0.3 is 14.8 Å². The molecule has 2 amide bonds. The van der Waals surface area contributed by atoms with Gasteiger partial charge in [0, 0.05) is 15.7 Å². The van der Waals surface area contributed by atoms with Crippen LogP contribution in [0.3, 0.4) is 0 Å². The van der Waals surface area contributed by atoms with Crippen LogP contribution >= 0.6 is 38.5 Å². The summed E-state index contributed by atoms with van der Waals surface area (Å²) in [7, 11) is 0. The zero-order valence-corrected chi connectivity index (χ0v) is 23.3. The Labute approximate surface area is 226 Å². The highest BCUT2D eigenvalue weighted by molar-refractivity contribution is 14.1. The third-order valence-electron chi connectivity index (χ3n) is 4.96. The van der Waals surface area contributed by atoms with E-state index in [1.54, 1.807) is 30.3 Å². The first kappa shape index (κ1) is 26.7. The second-order valence-electron chi connectivity index (χ2n) is 7.60. The summed E-state index contributed by atoms with van der Waals surface area (Å²) in [6.07, 6.45) is 1.53. The molecule has 3 rings (SSSR count). The van der Waals surface area contributed by atoms with Gasteiger partial charge in [0.05, 0.1) is 16.4 Å². The molecule has 35 heavy (non-hydrogen) atoms. The lowest BCUT2D eigenvalue weighted by atomic mass is 10.1. The van der Waals surface area contributed by atoms with Crippen LogP contribution < -0.4 is 20.2 Å². The predicted molar refractivity (Wildman–Crippen MR) is 150 cm³/mol. The van der Waals surface area contributed by atoms with Gasteiger partial charge in [0.15, 0.2) is 18.1 Å².